The SMILES string of the molecule is CC1CCCN1C(=O)N(C)CCc1ccccc1C(=O)O. The van der Waals surface area contributed by atoms with Crippen LogP contribution in [0.1, 0.15) is 35.7 Å². The monoisotopic (exact) mass is 290 g/mol. The Morgan fingerprint density at radius 1 is 1.38 bits per heavy atom. The number of carboxylic acid groups (broad SMARTS) is 1. The Labute approximate surface area is 125 Å². The van der Waals surface area contributed by atoms with Gasteiger partial charge < -0.3 is 14.9 Å². The fraction of sp³-hybridized carbons (Fsp3) is 0.500. The summed E-state index contributed by atoms with van der Waals surface area (Å²) in [5.41, 5.74) is 1.08. The number of carbonyl (C=O) groups is 2. The van der Waals surface area contributed by atoms with Crippen molar-refractivity contribution in [1.29, 1.82) is 0 Å². The van der Waals surface area contributed by atoms with E-state index < -0.39 is 5.97 Å². The molecular formula is C16H22N2O3. The maximum absolute atomic E-state index is 12.3. The number of rotatable bonds is 4. The Hall–Kier alpha value is -2.04. The van der Waals surface area contributed by atoms with E-state index in [2.05, 4.69) is 6.92 Å². The van der Waals surface area contributed by atoms with Crippen molar-refractivity contribution in [1.82, 2.24) is 9.80 Å². The van der Waals surface area contributed by atoms with Gasteiger partial charge in [-0.25, -0.2) is 9.59 Å². The van der Waals surface area contributed by atoms with Crippen LogP contribution in [-0.2, 0) is 6.42 Å². The Morgan fingerprint density at radius 2 is 2.10 bits per heavy atom. The summed E-state index contributed by atoms with van der Waals surface area (Å²) in [6.45, 7) is 3.40. The molecule has 2 amide bonds. The molecule has 1 heterocycles. The summed E-state index contributed by atoms with van der Waals surface area (Å²) in [6, 6.07) is 7.28. The first-order valence-electron chi connectivity index (χ1n) is 7.33. The molecule has 0 bridgehead atoms. The van der Waals surface area contributed by atoms with Crippen LogP contribution in [0.2, 0.25) is 0 Å². The number of likely N-dealkylation sites (tertiary alicyclic amines) is 1. The Bertz CT molecular complexity index is 530. The standard InChI is InChI=1S/C16H22N2O3/c1-12-6-5-10-18(12)16(21)17(2)11-9-13-7-3-4-8-14(13)15(19)20/h3-4,7-8,12H,5-6,9-11H2,1-2H3,(H,19,20). The van der Waals surface area contributed by atoms with Gasteiger partial charge in [0, 0.05) is 26.2 Å². The summed E-state index contributed by atoms with van der Waals surface area (Å²) < 4.78 is 0. The second kappa shape index (κ2) is 6.61. The minimum absolute atomic E-state index is 0.0350. The zero-order valence-electron chi connectivity index (χ0n) is 12.6. The highest BCUT2D eigenvalue weighted by Gasteiger charge is 2.27. The predicted molar refractivity (Wildman–Crippen MR) is 80.5 cm³/mol. The molecular weight excluding hydrogens is 268 g/mol. The number of benzene rings is 1. The molecule has 1 atom stereocenters. The zero-order chi connectivity index (χ0) is 15.4. The molecule has 114 valence electrons. The average Bonchev–Trinajstić information content (AvgIpc) is 2.90. The van der Waals surface area contributed by atoms with Crippen LogP contribution in [0.5, 0.6) is 0 Å². The molecule has 1 aromatic rings. The summed E-state index contributed by atoms with van der Waals surface area (Å²) in [6.07, 6.45) is 2.66. The van der Waals surface area contributed by atoms with E-state index in [0.717, 1.165) is 24.9 Å². The number of hydrogen-bond acceptors (Lipinski definition) is 2. The normalized spacial score (nSPS) is 17.8. The number of hydrogen-bond donors (Lipinski definition) is 1. The van der Waals surface area contributed by atoms with E-state index in [0.29, 0.717) is 24.6 Å². The third-order valence-electron chi connectivity index (χ3n) is 4.09. The van der Waals surface area contributed by atoms with Crippen LogP contribution >= 0.6 is 0 Å². The van der Waals surface area contributed by atoms with Crippen molar-refractivity contribution in [3.8, 4) is 0 Å². The molecule has 2 rings (SSSR count). The number of amides is 2. The first kappa shape index (κ1) is 15.4. The van der Waals surface area contributed by atoms with E-state index >= 15 is 0 Å². The van der Waals surface area contributed by atoms with Gasteiger partial charge in [-0.2, -0.15) is 0 Å². The fourth-order valence-electron chi connectivity index (χ4n) is 2.77. The van der Waals surface area contributed by atoms with Crippen molar-refractivity contribution >= 4 is 12.0 Å². The summed E-state index contributed by atoms with van der Waals surface area (Å²) >= 11 is 0. The molecule has 21 heavy (non-hydrogen) atoms. The molecule has 1 aromatic carbocycles. The topological polar surface area (TPSA) is 60.9 Å². The number of likely N-dealkylation sites (N-methyl/N-ethyl adjacent to an activating group) is 1. The largest absolute Gasteiger partial charge is 0.478 e. The first-order chi connectivity index (χ1) is 10.0. The molecule has 0 aromatic heterocycles. The average molecular weight is 290 g/mol. The van der Waals surface area contributed by atoms with Crippen molar-refractivity contribution < 1.29 is 14.7 Å². The zero-order valence-corrected chi connectivity index (χ0v) is 12.6. The molecule has 0 aliphatic carbocycles. The van der Waals surface area contributed by atoms with Gasteiger partial charge in [-0.3, -0.25) is 0 Å². The summed E-state index contributed by atoms with van der Waals surface area (Å²) in [7, 11) is 1.77. The molecule has 0 saturated carbocycles. The molecule has 5 heteroatoms. The van der Waals surface area contributed by atoms with Crippen molar-refractivity contribution in [3.63, 3.8) is 0 Å². The molecule has 0 spiro atoms. The molecule has 0 radical (unpaired) electrons. The van der Waals surface area contributed by atoms with Crippen LogP contribution in [0.3, 0.4) is 0 Å². The van der Waals surface area contributed by atoms with Crippen LogP contribution in [0.4, 0.5) is 4.79 Å². The Balaban J connectivity index is 1.96. The fourth-order valence-corrected chi connectivity index (χ4v) is 2.77. The molecule has 1 N–H and O–H groups in total. The van der Waals surface area contributed by atoms with Crippen LogP contribution in [0.15, 0.2) is 24.3 Å². The molecule has 1 unspecified atom stereocenters. The Kier molecular flexibility index (Phi) is 4.83. The third kappa shape index (κ3) is 3.54. The lowest BCUT2D eigenvalue weighted by Crippen LogP contribution is -2.43. The van der Waals surface area contributed by atoms with Gasteiger partial charge in [-0.15, -0.1) is 0 Å². The van der Waals surface area contributed by atoms with Crippen LogP contribution in [-0.4, -0.2) is 53.1 Å². The number of carbonyl (C=O) groups excluding carboxylic acids is 1. The van der Waals surface area contributed by atoms with E-state index in [-0.39, 0.29) is 6.03 Å². The van der Waals surface area contributed by atoms with Crippen molar-refractivity contribution in [3.05, 3.63) is 35.4 Å². The van der Waals surface area contributed by atoms with E-state index in [1.54, 1.807) is 30.1 Å². The first-order valence-corrected chi connectivity index (χ1v) is 7.33. The van der Waals surface area contributed by atoms with Crippen molar-refractivity contribution in [2.24, 2.45) is 0 Å². The van der Waals surface area contributed by atoms with E-state index in [9.17, 15) is 9.59 Å². The van der Waals surface area contributed by atoms with E-state index in [1.807, 2.05) is 11.0 Å². The lowest BCUT2D eigenvalue weighted by molar-refractivity contribution is 0.0695. The van der Waals surface area contributed by atoms with Crippen molar-refractivity contribution in [2.75, 3.05) is 20.1 Å². The minimum Gasteiger partial charge on any atom is -0.478 e. The smallest absolute Gasteiger partial charge is 0.335 e. The van der Waals surface area contributed by atoms with Gasteiger partial charge in [0.05, 0.1) is 5.56 Å². The van der Waals surface area contributed by atoms with Gasteiger partial charge >= 0.3 is 12.0 Å². The van der Waals surface area contributed by atoms with Gasteiger partial charge in [-0.05, 0) is 37.8 Å². The van der Waals surface area contributed by atoms with Gasteiger partial charge in [0.2, 0.25) is 0 Å². The molecule has 1 aliphatic rings. The van der Waals surface area contributed by atoms with Crippen LogP contribution in [0, 0.1) is 0 Å². The highest BCUT2D eigenvalue weighted by Crippen LogP contribution is 2.18. The summed E-state index contributed by atoms with van der Waals surface area (Å²) in [5.74, 6) is -0.923. The highest BCUT2D eigenvalue weighted by atomic mass is 16.4. The number of aromatic carboxylic acids is 1. The number of urea groups is 1. The highest BCUT2D eigenvalue weighted by molar-refractivity contribution is 5.89. The lowest BCUT2D eigenvalue weighted by atomic mass is 10.0. The lowest BCUT2D eigenvalue weighted by Gasteiger charge is -2.28. The quantitative estimate of drug-likeness (QED) is 0.926. The summed E-state index contributed by atoms with van der Waals surface area (Å²) in [4.78, 5) is 27.1. The van der Waals surface area contributed by atoms with Crippen LogP contribution in [0.25, 0.3) is 0 Å². The second-order valence-corrected chi connectivity index (χ2v) is 5.60. The second-order valence-electron chi connectivity index (χ2n) is 5.60. The van der Waals surface area contributed by atoms with Gasteiger partial charge in [0.1, 0.15) is 0 Å². The van der Waals surface area contributed by atoms with Gasteiger partial charge in [0.25, 0.3) is 0 Å². The predicted octanol–water partition coefficient (Wildman–Crippen LogP) is 2.46. The van der Waals surface area contributed by atoms with E-state index in [4.69, 9.17) is 5.11 Å². The minimum atomic E-state index is -0.923. The maximum atomic E-state index is 12.3. The van der Waals surface area contributed by atoms with E-state index in [1.165, 1.54) is 0 Å². The van der Waals surface area contributed by atoms with Crippen molar-refractivity contribution in [2.45, 2.75) is 32.2 Å². The van der Waals surface area contributed by atoms with Gasteiger partial charge in [0.15, 0.2) is 0 Å². The molecule has 1 aliphatic heterocycles. The van der Waals surface area contributed by atoms with Gasteiger partial charge in [-0.1, -0.05) is 18.2 Å². The van der Waals surface area contributed by atoms with Crippen LogP contribution < -0.4 is 0 Å². The summed E-state index contributed by atoms with van der Waals surface area (Å²) in [5, 5.41) is 9.16. The number of nitrogens with zero attached hydrogens (tertiary/aromatic N) is 2. The molecule has 5 nitrogen and oxygen atoms in total. The number of carboxylic acids is 1. The Morgan fingerprint density at radius 3 is 2.71 bits per heavy atom. The molecule has 1 saturated heterocycles. The maximum Gasteiger partial charge on any atom is 0.335 e. The third-order valence-corrected chi connectivity index (χ3v) is 4.09. The molecule has 1 fully saturated rings.